The maximum atomic E-state index is 12.0. The Labute approximate surface area is 127 Å². The van der Waals surface area contributed by atoms with Gasteiger partial charge in [0.05, 0.1) is 16.7 Å². The minimum absolute atomic E-state index is 0.101. The van der Waals surface area contributed by atoms with Gasteiger partial charge in [-0.3, -0.25) is 4.79 Å². The van der Waals surface area contributed by atoms with Gasteiger partial charge in [0.2, 0.25) is 0 Å². The highest BCUT2D eigenvalue weighted by Gasteiger charge is 2.22. The normalized spacial score (nSPS) is 18.2. The van der Waals surface area contributed by atoms with E-state index in [0.29, 0.717) is 17.1 Å². The number of carbonyl (C=O) groups is 1. The van der Waals surface area contributed by atoms with Crippen LogP contribution in [-0.4, -0.2) is 38.0 Å². The third-order valence-electron chi connectivity index (χ3n) is 3.16. The van der Waals surface area contributed by atoms with Crippen LogP contribution in [0.2, 0.25) is 0 Å². The largest absolute Gasteiger partial charge is 0.396 e. The third kappa shape index (κ3) is 3.39. The van der Waals surface area contributed by atoms with Crippen molar-refractivity contribution in [3.63, 3.8) is 0 Å². The fraction of sp³-hybridized carbons (Fsp3) is 0.615. The van der Waals surface area contributed by atoms with Crippen molar-refractivity contribution in [2.75, 3.05) is 37.0 Å². The number of nitrogen functional groups attached to an aromatic ring is 1. The predicted octanol–water partition coefficient (Wildman–Crippen LogP) is 2.39. The summed E-state index contributed by atoms with van der Waals surface area (Å²) in [5, 5.41) is 7.14. The van der Waals surface area contributed by atoms with Crippen LogP contribution in [0.15, 0.2) is 4.90 Å². The molecule has 4 N–H and O–H groups in total. The molecule has 1 aliphatic heterocycles. The van der Waals surface area contributed by atoms with Crippen LogP contribution in [0.1, 0.15) is 29.4 Å². The second-order valence-electron chi connectivity index (χ2n) is 4.58. The predicted molar refractivity (Wildman–Crippen MR) is 86.0 cm³/mol. The number of hydrogen-bond acceptors (Lipinski definition) is 6. The van der Waals surface area contributed by atoms with Crippen molar-refractivity contribution in [3.05, 3.63) is 4.88 Å². The summed E-state index contributed by atoms with van der Waals surface area (Å²) < 4.78 is 5.60. The zero-order chi connectivity index (χ0) is 14.5. The number of ether oxygens (including phenoxy) is 1. The lowest BCUT2D eigenvalue weighted by molar-refractivity contribution is 0.0960. The van der Waals surface area contributed by atoms with Crippen molar-refractivity contribution in [3.8, 4) is 0 Å². The van der Waals surface area contributed by atoms with Crippen molar-refractivity contribution in [1.29, 1.82) is 0 Å². The molecule has 0 bridgehead atoms. The molecule has 1 aromatic heterocycles. The minimum atomic E-state index is -0.101. The van der Waals surface area contributed by atoms with E-state index in [1.54, 1.807) is 11.8 Å². The standard InChI is InChI=1S/C13H21N3O2S2/c1-3-15-12(17)10-9(14)11(19-2)13(20-10)16-7-8-5-4-6-18-8/h8,16H,3-7,14H2,1-2H3,(H,15,17). The number of anilines is 2. The number of thioether (sulfide) groups is 1. The second kappa shape index (κ2) is 7.19. The van der Waals surface area contributed by atoms with E-state index < -0.39 is 0 Å². The van der Waals surface area contributed by atoms with Crippen LogP contribution in [0, 0.1) is 0 Å². The van der Waals surface area contributed by atoms with E-state index in [4.69, 9.17) is 10.5 Å². The summed E-state index contributed by atoms with van der Waals surface area (Å²) in [7, 11) is 0. The van der Waals surface area contributed by atoms with Gasteiger partial charge in [-0.05, 0) is 26.0 Å². The molecule has 2 heterocycles. The van der Waals surface area contributed by atoms with Gasteiger partial charge in [-0.1, -0.05) is 0 Å². The Morgan fingerprint density at radius 1 is 1.60 bits per heavy atom. The highest BCUT2D eigenvalue weighted by atomic mass is 32.2. The van der Waals surface area contributed by atoms with Gasteiger partial charge >= 0.3 is 0 Å². The van der Waals surface area contributed by atoms with Gasteiger partial charge in [0, 0.05) is 19.7 Å². The molecule has 1 aliphatic rings. The molecule has 1 unspecified atom stereocenters. The summed E-state index contributed by atoms with van der Waals surface area (Å²) in [4.78, 5) is 13.5. The lowest BCUT2D eigenvalue weighted by Gasteiger charge is -2.11. The Morgan fingerprint density at radius 3 is 3.00 bits per heavy atom. The van der Waals surface area contributed by atoms with Gasteiger partial charge in [-0.15, -0.1) is 23.1 Å². The fourth-order valence-electron chi connectivity index (χ4n) is 2.17. The second-order valence-corrected chi connectivity index (χ2v) is 6.42. The SMILES string of the molecule is CCNC(=O)c1sc(NCC2CCCO2)c(SC)c1N. The first-order chi connectivity index (χ1) is 9.67. The van der Waals surface area contributed by atoms with Crippen LogP contribution in [0.4, 0.5) is 10.7 Å². The number of carbonyl (C=O) groups excluding carboxylic acids is 1. The molecule has 0 spiro atoms. The van der Waals surface area contributed by atoms with Gasteiger partial charge in [-0.2, -0.15) is 0 Å². The Morgan fingerprint density at radius 2 is 2.40 bits per heavy atom. The van der Waals surface area contributed by atoms with E-state index in [1.165, 1.54) is 11.3 Å². The molecule has 1 atom stereocenters. The molecule has 20 heavy (non-hydrogen) atoms. The van der Waals surface area contributed by atoms with E-state index in [1.807, 2.05) is 13.2 Å². The lowest BCUT2D eigenvalue weighted by atomic mass is 10.2. The molecule has 1 amide bonds. The molecule has 5 nitrogen and oxygen atoms in total. The fourth-order valence-corrected chi connectivity index (χ4v) is 4.13. The first-order valence-electron chi connectivity index (χ1n) is 6.77. The van der Waals surface area contributed by atoms with E-state index in [2.05, 4.69) is 10.6 Å². The first kappa shape index (κ1) is 15.5. The molecule has 2 rings (SSSR count). The summed E-state index contributed by atoms with van der Waals surface area (Å²) in [5.41, 5.74) is 6.66. The van der Waals surface area contributed by atoms with Crippen LogP contribution in [-0.2, 0) is 4.74 Å². The van der Waals surface area contributed by atoms with Crippen molar-refractivity contribution >= 4 is 39.7 Å². The Kier molecular flexibility index (Phi) is 5.56. The van der Waals surface area contributed by atoms with Gasteiger partial charge < -0.3 is 21.1 Å². The Balaban J connectivity index is 2.10. The molecular formula is C13H21N3O2S2. The quantitative estimate of drug-likeness (QED) is 0.703. The molecule has 0 radical (unpaired) electrons. The molecule has 7 heteroatoms. The molecule has 0 saturated carbocycles. The lowest BCUT2D eigenvalue weighted by Crippen LogP contribution is -2.22. The van der Waals surface area contributed by atoms with Crippen molar-refractivity contribution in [2.24, 2.45) is 0 Å². The van der Waals surface area contributed by atoms with Crippen molar-refractivity contribution in [2.45, 2.75) is 30.8 Å². The number of thiophene rings is 1. The summed E-state index contributed by atoms with van der Waals surface area (Å²) in [6.07, 6.45) is 4.45. The summed E-state index contributed by atoms with van der Waals surface area (Å²) in [6, 6.07) is 0. The van der Waals surface area contributed by atoms with Gasteiger partial charge in [0.25, 0.3) is 5.91 Å². The molecule has 1 aromatic rings. The number of rotatable bonds is 6. The topological polar surface area (TPSA) is 76.4 Å². The van der Waals surface area contributed by atoms with Gasteiger partial charge in [-0.25, -0.2) is 0 Å². The maximum absolute atomic E-state index is 12.0. The van der Waals surface area contributed by atoms with Crippen LogP contribution in [0.25, 0.3) is 0 Å². The van der Waals surface area contributed by atoms with Gasteiger partial charge in [0.15, 0.2) is 0 Å². The Bertz CT molecular complexity index is 470. The monoisotopic (exact) mass is 315 g/mol. The maximum Gasteiger partial charge on any atom is 0.263 e. The van der Waals surface area contributed by atoms with Crippen LogP contribution >= 0.6 is 23.1 Å². The molecule has 0 aliphatic carbocycles. The molecule has 1 fully saturated rings. The van der Waals surface area contributed by atoms with Gasteiger partial charge in [0.1, 0.15) is 9.88 Å². The smallest absolute Gasteiger partial charge is 0.263 e. The zero-order valence-electron chi connectivity index (χ0n) is 11.8. The van der Waals surface area contributed by atoms with Crippen molar-refractivity contribution in [1.82, 2.24) is 5.32 Å². The first-order valence-corrected chi connectivity index (χ1v) is 8.81. The average Bonchev–Trinajstić information content (AvgIpc) is 3.04. The van der Waals surface area contributed by atoms with Crippen molar-refractivity contribution < 1.29 is 9.53 Å². The minimum Gasteiger partial charge on any atom is -0.396 e. The molecule has 1 saturated heterocycles. The van der Waals surface area contributed by atoms with E-state index in [0.717, 1.165) is 35.9 Å². The van der Waals surface area contributed by atoms with E-state index in [-0.39, 0.29) is 12.0 Å². The van der Waals surface area contributed by atoms with Crippen LogP contribution in [0.3, 0.4) is 0 Å². The highest BCUT2D eigenvalue weighted by molar-refractivity contribution is 7.99. The molecule has 0 aromatic carbocycles. The zero-order valence-corrected chi connectivity index (χ0v) is 13.5. The summed E-state index contributed by atoms with van der Waals surface area (Å²) in [6.45, 7) is 4.11. The van der Waals surface area contributed by atoms with Crippen LogP contribution in [0.5, 0.6) is 0 Å². The number of nitrogens with two attached hydrogens (primary N) is 1. The molecular weight excluding hydrogens is 294 g/mol. The average molecular weight is 315 g/mol. The Hall–Kier alpha value is -0.920. The highest BCUT2D eigenvalue weighted by Crippen LogP contribution is 2.41. The summed E-state index contributed by atoms with van der Waals surface area (Å²) in [5.74, 6) is -0.101. The number of amides is 1. The number of hydrogen-bond donors (Lipinski definition) is 3. The third-order valence-corrected chi connectivity index (χ3v) is 5.29. The molecule has 112 valence electrons. The number of nitrogens with one attached hydrogen (secondary N) is 2. The summed E-state index contributed by atoms with van der Waals surface area (Å²) >= 11 is 2.98. The van der Waals surface area contributed by atoms with E-state index in [9.17, 15) is 4.79 Å². The van der Waals surface area contributed by atoms with E-state index >= 15 is 0 Å². The van der Waals surface area contributed by atoms with Crippen LogP contribution < -0.4 is 16.4 Å².